The minimum absolute atomic E-state index is 0.0689. The van der Waals surface area contributed by atoms with Crippen molar-refractivity contribution in [1.82, 2.24) is 20.2 Å². The van der Waals surface area contributed by atoms with E-state index in [4.69, 9.17) is 0 Å². The minimum atomic E-state index is -3.49. The van der Waals surface area contributed by atoms with Crippen LogP contribution in [0.1, 0.15) is 24.6 Å². The van der Waals surface area contributed by atoms with Crippen LogP contribution in [0.5, 0.6) is 0 Å². The molecule has 1 fully saturated rings. The molecule has 1 aliphatic rings. The van der Waals surface area contributed by atoms with E-state index in [9.17, 15) is 8.42 Å². The molecule has 1 aliphatic carbocycles. The highest BCUT2D eigenvalue weighted by Gasteiger charge is 2.37. The van der Waals surface area contributed by atoms with Crippen LogP contribution in [0.15, 0.2) is 5.03 Å². The molecule has 6 nitrogen and oxygen atoms in total. The summed E-state index contributed by atoms with van der Waals surface area (Å²) < 4.78 is 26.9. The van der Waals surface area contributed by atoms with Crippen molar-refractivity contribution in [3.8, 4) is 0 Å². The molecule has 1 aromatic rings. The number of hydrogen-bond acceptors (Lipinski definition) is 4. The first-order valence-electron chi connectivity index (χ1n) is 5.66. The number of rotatable bonds is 5. The highest BCUT2D eigenvalue weighted by atomic mass is 32.2. The van der Waals surface area contributed by atoms with Crippen molar-refractivity contribution >= 4 is 10.0 Å². The zero-order valence-corrected chi connectivity index (χ0v) is 11.1. The Morgan fingerprint density at radius 2 is 2.18 bits per heavy atom. The molecule has 0 aliphatic heterocycles. The number of aryl methyl sites for hydroxylation is 1. The van der Waals surface area contributed by atoms with Gasteiger partial charge in [0.05, 0.1) is 0 Å². The van der Waals surface area contributed by atoms with Gasteiger partial charge in [0.25, 0.3) is 10.0 Å². The van der Waals surface area contributed by atoms with Crippen molar-refractivity contribution in [2.45, 2.75) is 37.9 Å². The van der Waals surface area contributed by atoms with Crippen molar-refractivity contribution in [2.24, 2.45) is 5.92 Å². The van der Waals surface area contributed by atoms with Crippen molar-refractivity contribution in [3.05, 3.63) is 11.3 Å². The van der Waals surface area contributed by atoms with Crippen molar-refractivity contribution in [2.75, 3.05) is 7.05 Å². The number of aromatic nitrogens is 2. The van der Waals surface area contributed by atoms with E-state index in [1.165, 1.54) is 0 Å². The maximum atomic E-state index is 12.1. The molecule has 2 unspecified atom stereocenters. The third-order valence-corrected chi connectivity index (χ3v) is 4.52. The predicted octanol–water partition coefficient (Wildman–Crippen LogP) is 0.124. The summed E-state index contributed by atoms with van der Waals surface area (Å²) in [5.74, 6) is 0.428. The van der Waals surface area contributed by atoms with Crippen molar-refractivity contribution < 1.29 is 8.42 Å². The van der Waals surface area contributed by atoms with Gasteiger partial charge in [-0.05, 0) is 26.3 Å². The van der Waals surface area contributed by atoms with E-state index >= 15 is 0 Å². The lowest BCUT2D eigenvalue weighted by Gasteiger charge is -2.06. The normalized spacial score (nSPS) is 23.9. The Kier molecular flexibility index (Phi) is 3.24. The Hall–Kier alpha value is -0.920. The fraction of sp³-hybridized carbons (Fsp3) is 0.700. The average molecular weight is 258 g/mol. The van der Waals surface area contributed by atoms with Gasteiger partial charge < -0.3 is 5.32 Å². The van der Waals surface area contributed by atoms with Crippen molar-refractivity contribution in [1.29, 1.82) is 0 Å². The summed E-state index contributed by atoms with van der Waals surface area (Å²) in [5.41, 5.74) is 1.48. The third-order valence-electron chi connectivity index (χ3n) is 3.06. The van der Waals surface area contributed by atoms with Gasteiger partial charge in [0.1, 0.15) is 0 Å². The van der Waals surface area contributed by atoms with Gasteiger partial charge in [-0.2, -0.15) is 5.10 Å². The molecule has 17 heavy (non-hydrogen) atoms. The van der Waals surface area contributed by atoms with Crippen LogP contribution < -0.4 is 10.0 Å². The first kappa shape index (κ1) is 12.5. The molecular weight excluding hydrogens is 240 g/mol. The molecule has 1 aromatic heterocycles. The molecule has 7 heteroatoms. The highest BCUT2D eigenvalue weighted by Crippen LogP contribution is 2.31. The first-order chi connectivity index (χ1) is 7.95. The van der Waals surface area contributed by atoms with Crippen LogP contribution in [0, 0.1) is 12.8 Å². The molecule has 0 amide bonds. The number of aromatic amines is 1. The van der Waals surface area contributed by atoms with E-state index in [1.54, 1.807) is 7.05 Å². The summed E-state index contributed by atoms with van der Waals surface area (Å²) in [6.07, 6.45) is 0.907. The average Bonchev–Trinajstić information content (AvgIpc) is 2.76. The molecule has 0 radical (unpaired) electrons. The van der Waals surface area contributed by atoms with Crippen molar-refractivity contribution in [3.63, 3.8) is 0 Å². The van der Waals surface area contributed by atoms with Crippen LogP contribution in [-0.2, 0) is 16.6 Å². The fourth-order valence-corrected chi connectivity index (χ4v) is 3.33. The zero-order valence-electron chi connectivity index (χ0n) is 10.2. The molecule has 1 heterocycles. The maximum Gasteiger partial charge on any atom is 0.260 e. The van der Waals surface area contributed by atoms with Crippen LogP contribution in [0.25, 0.3) is 0 Å². The van der Waals surface area contributed by atoms with Crippen LogP contribution in [0.3, 0.4) is 0 Å². The lowest BCUT2D eigenvalue weighted by molar-refractivity contribution is 0.572. The number of nitrogens with one attached hydrogen (secondary N) is 3. The van der Waals surface area contributed by atoms with Gasteiger partial charge in [-0.3, -0.25) is 5.10 Å². The smallest absolute Gasteiger partial charge is 0.260 e. The standard InChI is InChI=1S/C10H18N4O2S/c1-6-4-9(6)14-17(15,16)10-8(5-11-3)7(2)12-13-10/h6,9,11,14H,4-5H2,1-3H3,(H,12,13). The molecule has 2 atom stereocenters. The maximum absolute atomic E-state index is 12.1. The van der Waals surface area contributed by atoms with E-state index < -0.39 is 10.0 Å². The number of H-pyrrole nitrogens is 1. The Balaban J connectivity index is 2.26. The summed E-state index contributed by atoms with van der Waals surface area (Å²) in [6, 6.07) is 0.0689. The van der Waals surface area contributed by atoms with Gasteiger partial charge in [0, 0.05) is 23.8 Å². The van der Waals surface area contributed by atoms with Gasteiger partial charge >= 0.3 is 0 Å². The molecule has 96 valence electrons. The van der Waals surface area contributed by atoms with E-state index in [2.05, 4.69) is 20.2 Å². The highest BCUT2D eigenvalue weighted by molar-refractivity contribution is 7.89. The van der Waals surface area contributed by atoms with Crippen LogP contribution in [0.2, 0.25) is 0 Å². The number of hydrogen-bond donors (Lipinski definition) is 3. The zero-order chi connectivity index (χ0) is 12.6. The molecule has 0 aromatic carbocycles. The van der Waals surface area contributed by atoms with E-state index in [0.29, 0.717) is 18.0 Å². The van der Waals surface area contributed by atoms with Gasteiger partial charge in [0.2, 0.25) is 0 Å². The summed E-state index contributed by atoms with van der Waals surface area (Å²) in [5, 5.41) is 9.68. The SMILES string of the molecule is CNCc1c(S(=O)(=O)NC2CC2C)n[nH]c1C. The second kappa shape index (κ2) is 4.40. The minimum Gasteiger partial charge on any atom is -0.316 e. The summed E-state index contributed by atoms with van der Waals surface area (Å²) >= 11 is 0. The van der Waals surface area contributed by atoms with Gasteiger partial charge in [-0.1, -0.05) is 6.92 Å². The topological polar surface area (TPSA) is 86.9 Å². The lowest BCUT2D eigenvalue weighted by atomic mass is 10.3. The quantitative estimate of drug-likeness (QED) is 0.700. The Morgan fingerprint density at radius 1 is 1.53 bits per heavy atom. The Bertz CT molecular complexity index is 508. The van der Waals surface area contributed by atoms with Gasteiger partial charge in [-0.25, -0.2) is 13.1 Å². The number of nitrogens with zero attached hydrogens (tertiary/aromatic N) is 1. The Morgan fingerprint density at radius 3 is 2.71 bits per heavy atom. The molecule has 0 saturated heterocycles. The molecule has 0 spiro atoms. The van der Waals surface area contributed by atoms with Crippen LogP contribution in [0.4, 0.5) is 0 Å². The Labute approximate surface area is 101 Å². The monoisotopic (exact) mass is 258 g/mol. The first-order valence-corrected chi connectivity index (χ1v) is 7.14. The summed E-state index contributed by atoms with van der Waals surface area (Å²) in [6.45, 7) is 4.33. The predicted molar refractivity (Wildman–Crippen MR) is 64.0 cm³/mol. The summed E-state index contributed by atoms with van der Waals surface area (Å²) in [7, 11) is -1.72. The second-order valence-electron chi connectivity index (χ2n) is 4.60. The molecule has 1 saturated carbocycles. The summed E-state index contributed by atoms with van der Waals surface area (Å²) in [4.78, 5) is 0. The van der Waals surface area contributed by atoms with Crippen LogP contribution >= 0.6 is 0 Å². The second-order valence-corrected chi connectivity index (χ2v) is 6.23. The van der Waals surface area contributed by atoms with Gasteiger partial charge in [-0.15, -0.1) is 0 Å². The third kappa shape index (κ3) is 2.51. The van der Waals surface area contributed by atoms with E-state index in [-0.39, 0.29) is 11.1 Å². The molecular formula is C10H18N4O2S. The molecule has 2 rings (SSSR count). The molecule has 0 bridgehead atoms. The van der Waals surface area contributed by atoms with E-state index in [1.807, 2.05) is 13.8 Å². The number of sulfonamides is 1. The van der Waals surface area contributed by atoms with Gasteiger partial charge in [0.15, 0.2) is 5.03 Å². The molecule has 3 N–H and O–H groups in total. The lowest BCUT2D eigenvalue weighted by Crippen LogP contribution is -2.28. The van der Waals surface area contributed by atoms with E-state index in [0.717, 1.165) is 12.1 Å². The van der Waals surface area contributed by atoms with Crippen LogP contribution in [-0.4, -0.2) is 31.7 Å². The fourth-order valence-electron chi connectivity index (χ4n) is 1.78. The largest absolute Gasteiger partial charge is 0.316 e.